The van der Waals surface area contributed by atoms with E-state index in [1.807, 2.05) is 19.2 Å². The SMILES string of the molecule is CNC(c1ccn(Cc2ccnc(C#N)c2)c1)C(C)C. The third-order valence-corrected chi connectivity index (χ3v) is 3.41. The number of nitriles is 1. The van der Waals surface area contributed by atoms with Crippen molar-refractivity contribution in [1.29, 1.82) is 5.26 Å². The molecule has 0 saturated heterocycles. The summed E-state index contributed by atoms with van der Waals surface area (Å²) < 4.78 is 2.14. The molecule has 2 heterocycles. The molecule has 104 valence electrons. The normalized spacial score (nSPS) is 12.3. The van der Waals surface area contributed by atoms with Crippen LogP contribution >= 0.6 is 0 Å². The molecule has 20 heavy (non-hydrogen) atoms. The zero-order valence-electron chi connectivity index (χ0n) is 12.2. The Kier molecular flexibility index (Phi) is 4.54. The Bertz CT molecular complexity index is 607. The van der Waals surface area contributed by atoms with Gasteiger partial charge in [-0.2, -0.15) is 5.26 Å². The Labute approximate surface area is 120 Å². The number of aromatic nitrogens is 2. The molecule has 1 N–H and O–H groups in total. The maximum atomic E-state index is 8.87. The molecule has 0 saturated carbocycles. The van der Waals surface area contributed by atoms with E-state index in [4.69, 9.17) is 5.26 Å². The lowest BCUT2D eigenvalue weighted by molar-refractivity contribution is 0.443. The van der Waals surface area contributed by atoms with Crippen molar-refractivity contribution in [2.45, 2.75) is 26.4 Å². The van der Waals surface area contributed by atoms with Gasteiger partial charge in [-0.1, -0.05) is 13.8 Å². The van der Waals surface area contributed by atoms with E-state index in [-0.39, 0.29) is 0 Å². The fraction of sp³-hybridized carbons (Fsp3) is 0.375. The topological polar surface area (TPSA) is 53.6 Å². The van der Waals surface area contributed by atoms with E-state index >= 15 is 0 Å². The Morgan fingerprint density at radius 3 is 2.85 bits per heavy atom. The van der Waals surface area contributed by atoms with Crippen LogP contribution in [0.25, 0.3) is 0 Å². The molecule has 2 aromatic rings. The van der Waals surface area contributed by atoms with Crippen molar-refractivity contribution < 1.29 is 0 Å². The van der Waals surface area contributed by atoms with Gasteiger partial charge in [0, 0.05) is 31.2 Å². The zero-order chi connectivity index (χ0) is 14.5. The molecule has 2 aromatic heterocycles. The van der Waals surface area contributed by atoms with E-state index in [2.05, 4.69) is 53.2 Å². The summed E-state index contributed by atoms with van der Waals surface area (Å²) in [5.74, 6) is 0.543. The van der Waals surface area contributed by atoms with E-state index in [1.54, 1.807) is 6.20 Å². The van der Waals surface area contributed by atoms with Gasteiger partial charge in [0.15, 0.2) is 0 Å². The molecule has 0 fully saturated rings. The van der Waals surface area contributed by atoms with Gasteiger partial charge < -0.3 is 9.88 Å². The Morgan fingerprint density at radius 1 is 1.40 bits per heavy atom. The first-order valence-corrected chi connectivity index (χ1v) is 6.82. The minimum atomic E-state index is 0.364. The van der Waals surface area contributed by atoms with Crippen molar-refractivity contribution in [3.05, 3.63) is 53.6 Å². The minimum absolute atomic E-state index is 0.364. The van der Waals surface area contributed by atoms with Gasteiger partial charge in [0.2, 0.25) is 0 Å². The Morgan fingerprint density at radius 2 is 2.20 bits per heavy atom. The molecule has 0 spiro atoms. The molecule has 1 unspecified atom stereocenters. The first-order chi connectivity index (χ1) is 9.63. The van der Waals surface area contributed by atoms with Gasteiger partial charge in [0.25, 0.3) is 0 Å². The first-order valence-electron chi connectivity index (χ1n) is 6.82. The summed E-state index contributed by atoms with van der Waals surface area (Å²) in [6.07, 6.45) is 5.92. The summed E-state index contributed by atoms with van der Waals surface area (Å²) >= 11 is 0. The molecule has 0 aromatic carbocycles. The van der Waals surface area contributed by atoms with Crippen LogP contribution in [0.1, 0.15) is 36.7 Å². The average molecular weight is 268 g/mol. The predicted octanol–water partition coefficient (Wildman–Crippen LogP) is 2.72. The summed E-state index contributed by atoms with van der Waals surface area (Å²) in [7, 11) is 1.99. The van der Waals surface area contributed by atoms with Crippen molar-refractivity contribution in [2.24, 2.45) is 5.92 Å². The molecule has 0 aliphatic heterocycles. The molecule has 2 rings (SSSR count). The first kappa shape index (κ1) is 14.3. The molecular weight excluding hydrogens is 248 g/mol. The van der Waals surface area contributed by atoms with Crippen LogP contribution in [0.5, 0.6) is 0 Å². The van der Waals surface area contributed by atoms with Crippen LogP contribution in [0.4, 0.5) is 0 Å². The monoisotopic (exact) mass is 268 g/mol. The number of nitrogens with zero attached hydrogens (tertiary/aromatic N) is 3. The predicted molar refractivity (Wildman–Crippen MR) is 79.1 cm³/mol. The maximum absolute atomic E-state index is 8.87. The Hall–Kier alpha value is -2.12. The Balaban J connectivity index is 2.15. The molecule has 0 aliphatic carbocycles. The van der Waals surface area contributed by atoms with Crippen LogP contribution in [0.2, 0.25) is 0 Å². The lowest BCUT2D eigenvalue weighted by Gasteiger charge is -2.18. The molecule has 4 nitrogen and oxygen atoms in total. The van der Waals surface area contributed by atoms with Crippen molar-refractivity contribution >= 4 is 0 Å². The minimum Gasteiger partial charge on any atom is -0.350 e. The molecule has 0 amide bonds. The fourth-order valence-corrected chi connectivity index (χ4v) is 2.47. The largest absolute Gasteiger partial charge is 0.350 e. The van der Waals surface area contributed by atoms with Gasteiger partial charge in [-0.05, 0) is 42.3 Å². The number of pyridine rings is 1. The van der Waals surface area contributed by atoms with Crippen molar-refractivity contribution in [3.63, 3.8) is 0 Å². The van der Waals surface area contributed by atoms with Gasteiger partial charge in [-0.15, -0.1) is 0 Å². The second kappa shape index (κ2) is 6.36. The molecule has 0 radical (unpaired) electrons. The molecule has 4 heteroatoms. The van der Waals surface area contributed by atoms with Crippen LogP contribution in [0.3, 0.4) is 0 Å². The highest BCUT2D eigenvalue weighted by Gasteiger charge is 2.14. The van der Waals surface area contributed by atoms with Gasteiger partial charge in [-0.3, -0.25) is 0 Å². The van der Waals surface area contributed by atoms with Crippen molar-refractivity contribution in [3.8, 4) is 6.07 Å². The van der Waals surface area contributed by atoms with E-state index in [1.165, 1.54) is 5.56 Å². The fourth-order valence-electron chi connectivity index (χ4n) is 2.47. The quantitative estimate of drug-likeness (QED) is 0.907. The summed E-state index contributed by atoms with van der Waals surface area (Å²) in [5, 5.41) is 12.2. The highest BCUT2D eigenvalue weighted by atomic mass is 15.0. The van der Waals surface area contributed by atoms with E-state index in [9.17, 15) is 0 Å². The lowest BCUT2D eigenvalue weighted by Crippen LogP contribution is -2.21. The summed E-state index contributed by atoms with van der Waals surface area (Å²) in [6, 6.07) is 8.35. The third-order valence-electron chi connectivity index (χ3n) is 3.41. The molecule has 0 bridgehead atoms. The molecule has 0 aliphatic rings. The maximum Gasteiger partial charge on any atom is 0.140 e. The number of hydrogen-bond acceptors (Lipinski definition) is 3. The van der Waals surface area contributed by atoms with Gasteiger partial charge >= 0.3 is 0 Å². The van der Waals surface area contributed by atoms with Crippen LogP contribution < -0.4 is 5.32 Å². The van der Waals surface area contributed by atoms with Crippen molar-refractivity contribution in [1.82, 2.24) is 14.9 Å². The van der Waals surface area contributed by atoms with Gasteiger partial charge in [0.1, 0.15) is 11.8 Å². The van der Waals surface area contributed by atoms with Crippen molar-refractivity contribution in [2.75, 3.05) is 7.05 Å². The van der Waals surface area contributed by atoms with Crippen LogP contribution in [-0.2, 0) is 6.54 Å². The van der Waals surface area contributed by atoms with E-state index in [0.717, 1.165) is 12.1 Å². The number of hydrogen-bond donors (Lipinski definition) is 1. The van der Waals surface area contributed by atoms with E-state index < -0.39 is 0 Å². The van der Waals surface area contributed by atoms with Crippen LogP contribution in [-0.4, -0.2) is 16.6 Å². The van der Waals surface area contributed by atoms with Crippen LogP contribution in [0, 0.1) is 17.2 Å². The highest BCUT2D eigenvalue weighted by molar-refractivity contribution is 5.26. The summed E-state index contributed by atoms with van der Waals surface area (Å²) in [4.78, 5) is 3.99. The molecule has 1 atom stereocenters. The number of nitrogens with one attached hydrogen (secondary N) is 1. The van der Waals surface area contributed by atoms with E-state index in [0.29, 0.717) is 17.7 Å². The lowest BCUT2D eigenvalue weighted by atomic mass is 9.99. The average Bonchev–Trinajstić information content (AvgIpc) is 2.87. The zero-order valence-corrected chi connectivity index (χ0v) is 12.2. The third kappa shape index (κ3) is 3.25. The summed E-state index contributed by atoms with van der Waals surface area (Å²) in [5.41, 5.74) is 2.84. The highest BCUT2D eigenvalue weighted by Crippen LogP contribution is 2.21. The number of rotatable bonds is 5. The second-order valence-electron chi connectivity index (χ2n) is 5.29. The smallest absolute Gasteiger partial charge is 0.140 e. The van der Waals surface area contributed by atoms with Gasteiger partial charge in [0.05, 0.1) is 0 Å². The summed E-state index contributed by atoms with van der Waals surface area (Å²) in [6.45, 7) is 5.17. The van der Waals surface area contributed by atoms with Crippen LogP contribution in [0.15, 0.2) is 36.8 Å². The molecular formula is C16H20N4. The standard InChI is InChI=1S/C16H20N4/c1-12(2)16(18-3)14-5-7-20(11-14)10-13-4-6-19-15(8-13)9-17/h4-8,11-12,16,18H,10H2,1-3H3. The second-order valence-corrected chi connectivity index (χ2v) is 5.29. The van der Waals surface area contributed by atoms with Gasteiger partial charge in [-0.25, -0.2) is 4.98 Å².